The molecule has 1 unspecified atom stereocenters. The standard InChI is InChI=1S/C12H17N3O2S/c1-7(2)5-10(12(16)17-4)14-11-9(6-13)8(3)15-18-11/h7,10,14H,5H2,1-4H3. The minimum atomic E-state index is -0.443. The second-order valence-electron chi connectivity index (χ2n) is 4.43. The first-order chi connectivity index (χ1) is 8.49. The molecule has 0 spiro atoms. The quantitative estimate of drug-likeness (QED) is 0.829. The summed E-state index contributed by atoms with van der Waals surface area (Å²) in [5, 5.41) is 12.7. The van der Waals surface area contributed by atoms with Gasteiger partial charge in [-0.3, -0.25) is 0 Å². The summed E-state index contributed by atoms with van der Waals surface area (Å²) in [6, 6.07) is 1.65. The van der Waals surface area contributed by atoms with Crippen LogP contribution in [-0.4, -0.2) is 23.5 Å². The van der Waals surface area contributed by atoms with Crippen LogP contribution < -0.4 is 5.32 Å². The molecule has 0 saturated heterocycles. The lowest BCUT2D eigenvalue weighted by Crippen LogP contribution is -2.32. The predicted octanol–water partition coefficient (Wildman–Crippen LogP) is 2.32. The number of carbonyl (C=O) groups is 1. The molecule has 98 valence electrons. The molecular formula is C12H17N3O2S. The van der Waals surface area contributed by atoms with Crippen LogP contribution in [0.25, 0.3) is 0 Å². The van der Waals surface area contributed by atoms with E-state index in [4.69, 9.17) is 10.00 Å². The van der Waals surface area contributed by atoms with Crippen LogP contribution in [0.5, 0.6) is 0 Å². The highest BCUT2D eigenvalue weighted by Gasteiger charge is 2.23. The molecule has 1 aromatic rings. The maximum Gasteiger partial charge on any atom is 0.328 e. The fourth-order valence-corrected chi connectivity index (χ4v) is 2.38. The molecule has 0 aromatic carbocycles. The third-order valence-corrected chi connectivity index (χ3v) is 3.34. The maximum absolute atomic E-state index is 11.7. The van der Waals surface area contributed by atoms with Crippen LogP contribution in [0.15, 0.2) is 0 Å². The summed E-state index contributed by atoms with van der Waals surface area (Å²) < 4.78 is 8.87. The Morgan fingerprint density at radius 1 is 1.61 bits per heavy atom. The highest BCUT2D eigenvalue weighted by Crippen LogP contribution is 2.25. The summed E-state index contributed by atoms with van der Waals surface area (Å²) >= 11 is 1.19. The van der Waals surface area contributed by atoms with Gasteiger partial charge >= 0.3 is 5.97 Å². The number of hydrogen-bond donors (Lipinski definition) is 1. The Balaban J connectivity index is 2.89. The smallest absolute Gasteiger partial charge is 0.328 e. The molecule has 1 atom stereocenters. The van der Waals surface area contributed by atoms with Crippen molar-refractivity contribution < 1.29 is 9.53 Å². The van der Waals surface area contributed by atoms with Gasteiger partial charge in [0.25, 0.3) is 0 Å². The van der Waals surface area contributed by atoms with E-state index >= 15 is 0 Å². The zero-order valence-corrected chi connectivity index (χ0v) is 11.8. The van der Waals surface area contributed by atoms with Crippen molar-refractivity contribution in [2.24, 2.45) is 5.92 Å². The van der Waals surface area contributed by atoms with E-state index in [-0.39, 0.29) is 5.97 Å². The van der Waals surface area contributed by atoms with Gasteiger partial charge in [0.2, 0.25) is 0 Å². The Morgan fingerprint density at radius 3 is 2.78 bits per heavy atom. The number of rotatable bonds is 5. The Morgan fingerprint density at radius 2 is 2.28 bits per heavy atom. The van der Waals surface area contributed by atoms with Crippen LogP contribution in [0.3, 0.4) is 0 Å². The summed E-state index contributed by atoms with van der Waals surface area (Å²) in [6.07, 6.45) is 0.647. The first kappa shape index (κ1) is 14.5. The molecule has 0 aliphatic heterocycles. The summed E-state index contributed by atoms with van der Waals surface area (Å²) in [7, 11) is 1.36. The number of nitriles is 1. The van der Waals surface area contributed by atoms with E-state index in [1.165, 1.54) is 18.6 Å². The largest absolute Gasteiger partial charge is 0.467 e. The van der Waals surface area contributed by atoms with Crippen molar-refractivity contribution >= 4 is 22.5 Å². The van der Waals surface area contributed by atoms with Crippen molar-refractivity contribution in [3.05, 3.63) is 11.3 Å². The minimum absolute atomic E-state index is 0.321. The normalized spacial score (nSPS) is 12.0. The van der Waals surface area contributed by atoms with Gasteiger partial charge in [0, 0.05) is 0 Å². The lowest BCUT2D eigenvalue weighted by atomic mass is 10.0. The maximum atomic E-state index is 11.7. The van der Waals surface area contributed by atoms with Gasteiger partial charge in [-0.15, -0.1) is 0 Å². The third kappa shape index (κ3) is 3.44. The van der Waals surface area contributed by atoms with Crippen LogP contribution in [0.2, 0.25) is 0 Å². The number of esters is 1. The second-order valence-corrected chi connectivity index (χ2v) is 5.21. The number of aryl methyl sites for hydroxylation is 1. The highest BCUT2D eigenvalue weighted by molar-refractivity contribution is 7.10. The van der Waals surface area contributed by atoms with E-state index < -0.39 is 6.04 Å². The monoisotopic (exact) mass is 267 g/mol. The van der Waals surface area contributed by atoms with Crippen LogP contribution in [0.4, 0.5) is 5.00 Å². The predicted molar refractivity (Wildman–Crippen MR) is 70.4 cm³/mol. The Hall–Kier alpha value is -1.61. The van der Waals surface area contributed by atoms with E-state index in [9.17, 15) is 4.79 Å². The number of hydrogen-bond acceptors (Lipinski definition) is 6. The fourth-order valence-electron chi connectivity index (χ4n) is 1.59. The van der Waals surface area contributed by atoms with E-state index in [2.05, 4.69) is 15.8 Å². The van der Waals surface area contributed by atoms with Gasteiger partial charge in [0.1, 0.15) is 22.7 Å². The molecule has 5 nitrogen and oxygen atoms in total. The lowest BCUT2D eigenvalue weighted by molar-refractivity contribution is -0.141. The summed E-state index contributed by atoms with van der Waals surface area (Å²) in [4.78, 5) is 11.7. The first-order valence-electron chi connectivity index (χ1n) is 5.70. The zero-order valence-electron chi connectivity index (χ0n) is 11.0. The molecule has 0 amide bonds. The number of carbonyl (C=O) groups excluding carboxylic acids is 1. The Labute approximate surface area is 111 Å². The number of ether oxygens (including phenoxy) is 1. The minimum Gasteiger partial charge on any atom is -0.467 e. The van der Waals surface area contributed by atoms with Crippen LogP contribution in [0, 0.1) is 24.2 Å². The zero-order chi connectivity index (χ0) is 13.7. The molecule has 0 bridgehead atoms. The van der Waals surface area contributed by atoms with Gasteiger partial charge in [-0.05, 0) is 30.8 Å². The Bertz CT molecular complexity index is 462. The van der Waals surface area contributed by atoms with Crippen LogP contribution in [0.1, 0.15) is 31.5 Å². The molecule has 0 aliphatic rings. The lowest BCUT2D eigenvalue weighted by Gasteiger charge is -2.18. The van der Waals surface area contributed by atoms with Gasteiger partial charge in [0.15, 0.2) is 0 Å². The summed E-state index contributed by atoms with van der Waals surface area (Å²) in [5.74, 6) is 0.0276. The first-order valence-corrected chi connectivity index (χ1v) is 6.47. The van der Waals surface area contributed by atoms with Crippen molar-refractivity contribution in [1.82, 2.24) is 4.37 Å². The van der Waals surface area contributed by atoms with Gasteiger partial charge in [-0.1, -0.05) is 13.8 Å². The summed E-state index contributed by atoms with van der Waals surface area (Å²) in [6.45, 7) is 5.83. The molecule has 0 aliphatic carbocycles. The third-order valence-electron chi connectivity index (χ3n) is 2.47. The number of aromatic nitrogens is 1. The van der Waals surface area contributed by atoms with E-state index in [0.29, 0.717) is 28.6 Å². The molecule has 18 heavy (non-hydrogen) atoms. The second kappa shape index (κ2) is 6.36. The van der Waals surface area contributed by atoms with Crippen LogP contribution >= 0.6 is 11.5 Å². The van der Waals surface area contributed by atoms with Gasteiger partial charge < -0.3 is 10.1 Å². The molecule has 1 rings (SSSR count). The molecule has 0 radical (unpaired) electrons. The molecule has 1 heterocycles. The van der Waals surface area contributed by atoms with E-state index in [0.717, 1.165) is 0 Å². The van der Waals surface area contributed by atoms with Crippen molar-refractivity contribution in [1.29, 1.82) is 5.26 Å². The Kier molecular flexibility index (Phi) is 5.10. The molecular weight excluding hydrogens is 250 g/mol. The SMILES string of the molecule is COC(=O)C(CC(C)C)Nc1snc(C)c1C#N. The molecule has 0 fully saturated rings. The number of nitrogens with one attached hydrogen (secondary N) is 1. The average Bonchev–Trinajstić information content (AvgIpc) is 2.67. The number of anilines is 1. The van der Waals surface area contributed by atoms with Crippen molar-refractivity contribution in [2.45, 2.75) is 33.2 Å². The molecule has 1 aromatic heterocycles. The van der Waals surface area contributed by atoms with Crippen molar-refractivity contribution in [3.63, 3.8) is 0 Å². The fraction of sp³-hybridized carbons (Fsp3) is 0.583. The molecule has 0 saturated carbocycles. The number of nitrogens with zero attached hydrogens (tertiary/aromatic N) is 2. The average molecular weight is 267 g/mol. The van der Waals surface area contributed by atoms with Crippen molar-refractivity contribution in [3.8, 4) is 6.07 Å². The van der Waals surface area contributed by atoms with E-state index in [1.807, 2.05) is 13.8 Å². The topological polar surface area (TPSA) is 75.0 Å². The number of methoxy groups -OCH3 is 1. The van der Waals surface area contributed by atoms with Crippen LogP contribution in [-0.2, 0) is 9.53 Å². The molecule has 1 N–H and O–H groups in total. The summed E-state index contributed by atoms with van der Waals surface area (Å²) in [5.41, 5.74) is 1.18. The highest BCUT2D eigenvalue weighted by atomic mass is 32.1. The van der Waals surface area contributed by atoms with Crippen molar-refractivity contribution in [2.75, 3.05) is 12.4 Å². The van der Waals surface area contributed by atoms with Gasteiger partial charge in [-0.2, -0.15) is 9.64 Å². The van der Waals surface area contributed by atoms with Gasteiger partial charge in [0.05, 0.1) is 12.8 Å². The van der Waals surface area contributed by atoms with E-state index in [1.54, 1.807) is 6.92 Å². The molecule has 6 heteroatoms. The van der Waals surface area contributed by atoms with Gasteiger partial charge in [-0.25, -0.2) is 4.79 Å².